The van der Waals surface area contributed by atoms with E-state index in [1.807, 2.05) is 24.3 Å². The molecule has 6 heteroatoms. The fraction of sp³-hybridized carbons (Fsp3) is 0.409. The van der Waals surface area contributed by atoms with Crippen molar-refractivity contribution in [2.45, 2.75) is 52.4 Å². The van der Waals surface area contributed by atoms with Crippen molar-refractivity contribution < 1.29 is 4.79 Å². The highest BCUT2D eigenvalue weighted by Crippen LogP contribution is 2.39. The Hall–Kier alpha value is -2.23. The van der Waals surface area contributed by atoms with Crippen LogP contribution in [0.1, 0.15) is 66.0 Å². The number of hydrogen-bond acceptors (Lipinski definition) is 4. The molecule has 0 saturated heterocycles. The predicted molar refractivity (Wildman–Crippen MR) is 119 cm³/mol. The van der Waals surface area contributed by atoms with Gasteiger partial charge in [0.2, 0.25) is 0 Å². The van der Waals surface area contributed by atoms with Gasteiger partial charge in [0.25, 0.3) is 5.91 Å². The normalized spacial score (nSPS) is 16.0. The van der Waals surface area contributed by atoms with Crippen LogP contribution in [0.25, 0.3) is 0 Å². The standard InChI is InChI=1S/C22H25N3OS2/c1-13-5-10-16-17(12-23)20(28-18(16)11-13)25-21(27)24-19(26)14-6-8-15(9-7-14)22(2,3)4/h6-9,13H,5,10-11H2,1-4H3,(H2,24,25,26,27)/t13-/m0/s1. The molecular formula is C22H25N3OS2. The smallest absolute Gasteiger partial charge is 0.257 e. The van der Waals surface area contributed by atoms with E-state index < -0.39 is 0 Å². The van der Waals surface area contributed by atoms with Gasteiger partial charge in [-0.3, -0.25) is 10.1 Å². The van der Waals surface area contributed by atoms with Crippen LogP contribution in [-0.4, -0.2) is 11.0 Å². The zero-order valence-corrected chi connectivity index (χ0v) is 18.3. The van der Waals surface area contributed by atoms with Gasteiger partial charge in [-0.1, -0.05) is 39.8 Å². The number of amides is 1. The minimum Gasteiger partial charge on any atom is -0.323 e. The van der Waals surface area contributed by atoms with Crippen molar-refractivity contribution in [3.05, 3.63) is 51.4 Å². The Bertz CT molecular complexity index is 946. The number of rotatable bonds is 2. The van der Waals surface area contributed by atoms with Gasteiger partial charge in [0, 0.05) is 10.4 Å². The van der Waals surface area contributed by atoms with Crippen LogP contribution in [0.2, 0.25) is 0 Å². The van der Waals surface area contributed by atoms with Gasteiger partial charge in [-0.05, 0) is 66.1 Å². The molecule has 1 heterocycles. The molecule has 0 aliphatic heterocycles. The maximum atomic E-state index is 12.5. The Morgan fingerprint density at radius 2 is 1.96 bits per heavy atom. The van der Waals surface area contributed by atoms with Gasteiger partial charge in [-0.2, -0.15) is 5.26 Å². The number of thiocarbonyl (C=S) groups is 1. The minimum absolute atomic E-state index is 0.0370. The van der Waals surface area contributed by atoms with Gasteiger partial charge in [0.05, 0.1) is 5.56 Å². The lowest BCUT2D eigenvalue weighted by atomic mass is 9.87. The molecule has 1 aliphatic carbocycles. The highest BCUT2D eigenvalue weighted by Gasteiger charge is 2.24. The summed E-state index contributed by atoms with van der Waals surface area (Å²) >= 11 is 6.90. The summed E-state index contributed by atoms with van der Waals surface area (Å²) in [5.74, 6) is 0.375. The molecule has 0 fully saturated rings. The van der Waals surface area contributed by atoms with Gasteiger partial charge in [0.1, 0.15) is 11.1 Å². The molecule has 4 nitrogen and oxygen atoms in total. The molecule has 1 aromatic heterocycles. The summed E-state index contributed by atoms with van der Waals surface area (Å²) in [7, 11) is 0. The number of thiophene rings is 1. The number of benzene rings is 1. The van der Waals surface area contributed by atoms with Crippen molar-refractivity contribution in [3.8, 4) is 6.07 Å². The Balaban J connectivity index is 1.69. The average molecular weight is 412 g/mol. The van der Waals surface area contributed by atoms with E-state index in [0.717, 1.165) is 29.8 Å². The molecule has 146 valence electrons. The van der Waals surface area contributed by atoms with Crippen LogP contribution in [0.15, 0.2) is 24.3 Å². The first-order valence-electron chi connectivity index (χ1n) is 9.46. The lowest BCUT2D eigenvalue weighted by molar-refractivity contribution is 0.0977. The Morgan fingerprint density at radius 1 is 1.29 bits per heavy atom. The Morgan fingerprint density at radius 3 is 2.57 bits per heavy atom. The van der Waals surface area contributed by atoms with Crippen molar-refractivity contribution in [2.24, 2.45) is 5.92 Å². The number of nitriles is 1. The van der Waals surface area contributed by atoms with Crippen LogP contribution in [0.5, 0.6) is 0 Å². The van der Waals surface area contributed by atoms with Crippen LogP contribution >= 0.6 is 23.6 Å². The maximum absolute atomic E-state index is 12.5. The third-order valence-corrected chi connectivity index (χ3v) is 6.46. The second-order valence-corrected chi connectivity index (χ2v) is 9.92. The second kappa shape index (κ2) is 8.02. The van der Waals surface area contributed by atoms with Gasteiger partial charge in [-0.25, -0.2) is 0 Å². The first-order chi connectivity index (χ1) is 13.2. The molecule has 2 aromatic rings. The van der Waals surface area contributed by atoms with E-state index in [-0.39, 0.29) is 16.4 Å². The summed E-state index contributed by atoms with van der Waals surface area (Å²) in [5, 5.41) is 16.3. The second-order valence-electron chi connectivity index (χ2n) is 8.40. The van der Waals surface area contributed by atoms with E-state index in [4.69, 9.17) is 12.2 Å². The molecule has 3 rings (SSSR count). The molecule has 0 spiro atoms. The quantitative estimate of drug-likeness (QED) is 0.669. The monoisotopic (exact) mass is 411 g/mol. The van der Waals surface area contributed by atoms with Crippen LogP contribution in [0, 0.1) is 17.2 Å². The number of carbonyl (C=O) groups excluding carboxylic acids is 1. The van der Waals surface area contributed by atoms with E-state index in [2.05, 4.69) is 44.4 Å². The molecule has 0 bridgehead atoms. The van der Waals surface area contributed by atoms with Crippen molar-refractivity contribution in [1.29, 1.82) is 5.26 Å². The fourth-order valence-electron chi connectivity index (χ4n) is 3.39. The Kier molecular flexibility index (Phi) is 5.87. The first kappa shape index (κ1) is 20.5. The summed E-state index contributed by atoms with van der Waals surface area (Å²) in [6, 6.07) is 9.86. The van der Waals surface area contributed by atoms with Crippen LogP contribution in [0.4, 0.5) is 5.00 Å². The lowest BCUT2D eigenvalue weighted by Gasteiger charge is -2.19. The molecule has 1 aromatic carbocycles. The zero-order valence-electron chi connectivity index (χ0n) is 16.7. The van der Waals surface area contributed by atoms with Crippen LogP contribution in [0.3, 0.4) is 0 Å². The lowest BCUT2D eigenvalue weighted by Crippen LogP contribution is -2.34. The molecule has 1 atom stereocenters. The number of fused-ring (bicyclic) bond motifs is 1. The third kappa shape index (κ3) is 4.43. The van der Waals surface area contributed by atoms with Crippen LogP contribution < -0.4 is 10.6 Å². The molecule has 0 saturated carbocycles. The van der Waals surface area contributed by atoms with Crippen molar-refractivity contribution >= 4 is 39.6 Å². The summed E-state index contributed by atoms with van der Waals surface area (Å²) in [6.07, 6.45) is 3.02. The SMILES string of the molecule is C[C@H]1CCc2c(sc(NC(=S)NC(=O)c3ccc(C(C)(C)C)cc3)c2C#N)C1. The number of anilines is 1. The summed E-state index contributed by atoms with van der Waals surface area (Å²) in [5.41, 5.74) is 3.56. The zero-order chi connectivity index (χ0) is 20.5. The van der Waals surface area contributed by atoms with E-state index >= 15 is 0 Å². The van der Waals surface area contributed by atoms with E-state index in [1.54, 1.807) is 11.3 Å². The number of nitrogens with zero attached hydrogens (tertiary/aromatic N) is 1. The van der Waals surface area contributed by atoms with Gasteiger partial charge in [0.15, 0.2) is 5.11 Å². The number of nitrogens with one attached hydrogen (secondary N) is 2. The highest BCUT2D eigenvalue weighted by molar-refractivity contribution is 7.80. The largest absolute Gasteiger partial charge is 0.323 e. The van der Waals surface area contributed by atoms with E-state index in [9.17, 15) is 10.1 Å². The summed E-state index contributed by atoms with van der Waals surface area (Å²) in [4.78, 5) is 13.8. The van der Waals surface area contributed by atoms with E-state index in [1.165, 1.54) is 10.4 Å². The van der Waals surface area contributed by atoms with Crippen molar-refractivity contribution in [2.75, 3.05) is 5.32 Å². The van der Waals surface area contributed by atoms with Gasteiger partial charge < -0.3 is 5.32 Å². The maximum Gasteiger partial charge on any atom is 0.257 e. The summed E-state index contributed by atoms with van der Waals surface area (Å²) < 4.78 is 0. The molecular weight excluding hydrogens is 386 g/mol. The Labute approximate surface area is 176 Å². The molecule has 28 heavy (non-hydrogen) atoms. The molecule has 2 N–H and O–H groups in total. The fourth-order valence-corrected chi connectivity index (χ4v) is 5.01. The average Bonchev–Trinajstić information content (AvgIpc) is 2.96. The predicted octanol–water partition coefficient (Wildman–Crippen LogP) is 5.17. The third-order valence-electron chi connectivity index (χ3n) is 5.09. The van der Waals surface area contributed by atoms with Gasteiger partial charge >= 0.3 is 0 Å². The molecule has 0 unspecified atom stereocenters. The van der Waals surface area contributed by atoms with Gasteiger partial charge in [-0.15, -0.1) is 11.3 Å². The highest BCUT2D eigenvalue weighted by atomic mass is 32.1. The first-order valence-corrected chi connectivity index (χ1v) is 10.7. The topological polar surface area (TPSA) is 64.9 Å². The molecule has 0 radical (unpaired) electrons. The summed E-state index contributed by atoms with van der Waals surface area (Å²) in [6.45, 7) is 8.64. The van der Waals surface area contributed by atoms with E-state index in [0.29, 0.717) is 17.0 Å². The van der Waals surface area contributed by atoms with Crippen LogP contribution in [-0.2, 0) is 18.3 Å². The number of hydrogen-bond donors (Lipinski definition) is 2. The molecule has 1 amide bonds. The van der Waals surface area contributed by atoms with Crippen molar-refractivity contribution in [1.82, 2.24) is 5.32 Å². The number of carbonyl (C=O) groups is 1. The minimum atomic E-state index is -0.258. The molecule has 1 aliphatic rings. The van der Waals surface area contributed by atoms with Crippen molar-refractivity contribution in [3.63, 3.8) is 0 Å².